The average molecular weight is 294 g/mol. The van der Waals surface area contributed by atoms with Gasteiger partial charge in [0.05, 0.1) is 22.9 Å². The Kier molecular flexibility index (Phi) is 3.36. The van der Waals surface area contributed by atoms with Crippen molar-refractivity contribution >= 4 is 5.71 Å². The lowest BCUT2D eigenvalue weighted by atomic mass is 9.80. The lowest BCUT2D eigenvalue weighted by molar-refractivity contribution is -0.137. The summed E-state index contributed by atoms with van der Waals surface area (Å²) < 4.78 is 39.7. The Morgan fingerprint density at radius 3 is 2.71 bits per heavy atom. The molecule has 0 saturated heterocycles. The second-order valence-electron chi connectivity index (χ2n) is 5.38. The van der Waals surface area contributed by atoms with Crippen molar-refractivity contribution < 1.29 is 18.0 Å². The van der Waals surface area contributed by atoms with Gasteiger partial charge in [-0.05, 0) is 31.4 Å². The highest BCUT2D eigenvalue weighted by molar-refractivity contribution is 6.04. The molecule has 0 aromatic heterocycles. The minimum absolute atomic E-state index is 0.00853. The third kappa shape index (κ3) is 2.48. The zero-order valence-corrected chi connectivity index (χ0v) is 11.2. The van der Waals surface area contributed by atoms with Crippen LogP contribution in [-0.2, 0) is 11.0 Å². The molecule has 0 radical (unpaired) electrons. The van der Waals surface area contributed by atoms with E-state index in [2.05, 4.69) is 5.16 Å². The van der Waals surface area contributed by atoms with Crippen LogP contribution in [0.3, 0.4) is 0 Å². The molecule has 1 saturated carbocycles. The summed E-state index contributed by atoms with van der Waals surface area (Å²) in [5.41, 5.74) is -0.409. The van der Waals surface area contributed by atoms with Gasteiger partial charge < -0.3 is 4.84 Å². The third-order valence-corrected chi connectivity index (χ3v) is 4.07. The van der Waals surface area contributed by atoms with Gasteiger partial charge in [0.1, 0.15) is 6.10 Å². The van der Waals surface area contributed by atoms with E-state index in [1.54, 1.807) is 6.07 Å². The molecular weight excluding hydrogens is 281 g/mol. The molecule has 110 valence electrons. The molecule has 1 aromatic rings. The van der Waals surface area contributed by atoms with Crippen LogP contribution in [0.5, 0.6) is 0 Å². The van der Waals surface area contributed by atoms with Crippen LogP contribution in [-0.4, -0.2) is 11.8 Å². The fourth-order valence-corrected chi connectivity index (χ4v) is 3.05. The zero-order valence-electron chi connectivity index (χ0n) is 11.2. The Morgan fingerprint density at radius 1 is 1.24 bits per heavy atom. The van der Waals surface area contributed by atoms with Crippen molar-refractivity contribution in [2.24, 2.45) is 11.1 Å². The smallest absolute Gasteiger partial charge is 0.392 e. The molecule has 3 nitrogen and oxygen atoms in total. The summed E-state index contributed by atoms with van der Waals surface area (Å²) in [7, 11) is 0. The summed E-state index contributed by atoms with van der Waals surface area (Å²) in [5, 5.41) is 12.7. The number of rotatable bonds is 1. The number of alkyl halides is 3. The van der Waals surface area contributed by atoms with Crippen LogP contribution >= 0.6 is 0 Å². The summed E-state index contributed by atoms with van der Waals surface area (Å²) in [5.74, 6) is -0.0761. The van der Waals surface area contributed by atoms with E-state index in [1.165, 1.54) is 12.1 Å². The Balaban J connectivity index is 2.04. The molecule has 0 amide bonds. The van der Waals surface area contributed by atoms with Crippen LogP contribution < -0.4 is 0 Å². The van der Waals surface area contributed by atoms with Crippen LogP contribution in [0.2, 0.25) is 0 Å². The van der Waals surface area contributed by atoms with Crippen molar-refractivity contribution in [1.29, 1.82) is 5.26 Å². The molecule has 0 unspecified atom stereocenters. The quantitative estimate of drug-likeness (QED) is 0.789. The van der Waals surface area contributed by atoms with E-state index in [-0.39, 0.29) is 23.1 Å². The molecule has 6 heteroatoms. The van der Waals surface area contributed by atoms with E-state index >= 15 is 0 Å². The number of halogens is 3. The highest BCUT2D eigenvalue weighted by atomic mass is 19.4. The summed E-state index contributed by atoms with van der Waals surface area (Å²) in [4.78, 5) is 5.30. The van der Waals surface area contributed by atoms with E-state index in [0.717, 1.165) is 31.7 Å². The van der Waals surface area contributed by atoms with Gasteiger partial charge in [-0.3, -0.25) is 0 Å². The van der Waals surface area contributed by atoms with Crippen molar-refractivity contribution in [2.45, 2.75) is 38.0 Å². The lowest BCUT2D eigenvalue weighted by Crippen LogP contribution is -2.28. The SMILES string of the molecule is N#Cc1ccc(C2=NO[C@@H]3CCCC[C@H]23)c(C(F)(F)F)c1. The Hall–Kier alpha value is -2.03. The molecule has 3 rings (SSSR count). The normalized spacial score (nSPS) is 24.8. The van der Waals surface area contributed by atoms with Gasteiger partial charge in [0.25, 0.3) is 0 Å². The molecular formula is C15H13F3N2O. The van der Waals surface area contributed by atoms with E-state index < -0.39 is 11.7 Å². The molecule has 0 spiro atoms. The first-order chi connectivity index (χ1) is 10.0. The standard InChI is InChI=1S/C15H13F3N2O/c16-15(17,18)12-7-9(8-19)5-6-10(12)14-11-3-1-2-4-13(11)21-20-14/h5-7,11,13H,1-4H2/t11-,13+/m0/s1. The number of nitrogens with zero attached hydrogens (tertiary/aromatic N) is 2. The summed E-state index contributed by atoms with van der Waals surface area (Å²) in [6, 6.07) is 5.35. The van der Waals surface area contributed by atoms with Gasteiger partial charge in [-0.1, -0.05) is 17.6 Å². The molecule has 1 fully saturated rings. The van der Waals surface area contributed by atoms with Crippen LogP contribution in [0, 0.1) is 17.2 Å². The third-order valence-electron chi connectivity index (χ3n) is 4.07. The van der Waals surface area contributed by atoms with Gasteiger partial charge in [-0.25, -0.2) is 0 Å². The fourth-order valence-electron chi connectivity index (χ4n) is 3.05. The average Bonchev–Trinajstić information content (AvgIpc) is 2.89. The molecule has 0 N–H and O–H groups in total. The highest BCUT2D eigenvalue weighted by Crippen LogP contribution is 2.39. The van der Waals surface area contributed by atoms with Crippen molar-refractivity contribution in [3.05, 3.63) is 34.9 Å². The number of benzene rings is 1. The maximum Gasteiger partial charge on any atom is 0.417 e. The van der Waals surface area contributed by atoms with Gasteiger partial charge in [-0.2, -0.15) is 18.4 Å². The molecule has 1 aliphatic carbocycles. The monoisotopic (exact) mass is 294 g/mol. The zero-order chi connectivity index (χ0) is 15.0. The van der Waals surface area contributed by atoms with E-state index in [1.807, 2.05) is 0 Å². The summed E-state index contributed by atoms with van der Waals surface area (Å²) in [6.07, 6.45) is -1.01. The van der Waals surface area contributed by atoms with Crippen molar-refractivity contribution in [1.82, 2.24) is 0 Å². The number of hydrogen-bond acceptors (Lipinski definition) is 3. The van der Waals surface area contributed by atoms with Gasteiger partial charge >= 0.3 is 6.18 Å². The van der Waals surface area contributed by atoms with Gasteiger partial charge in [0.15, 0.2) is 0 Å². The first kappa shape index (κ1) is 13.9. The van der Waals surface area contributed by atoms with Crippen LogP contribution in [0.1, 0.15) is 42.4 Å². The maximum atomic E-state index is 13.2. The number of nitriles is 1. The Bertz CT molecular complexity index is 631. The molecule has 2 atom stereocenters. The van der Waals surface area contributed by atoms with Gasteiger partial charge in [0.2, 0.25) is 0 Å². The van der Waals surface area contributed by atoms with Crippen LogP contribution in [0.4, 0.5) is 13.2 Å². The summed E-state index contributed by atoms with van der Waals surface area (Å²) in [6.45, 7) is 0. The van der Waals surface area contributed by atoms with E-state index in [4.69, 9.17) is 10.1 Å². The fraction of sp³-hybridized carbons (Fsp3) is 0.467. The Morgan fingerprint density at radius 2 is 2.00 bits per heavy atom. The predicted molar refractivity (Wildman–Crippen MR) is 69.5 cm³/mol. The van der Waals surface area contributed by atoms with E-state index in [0.29, 0.717) is 5.71 Å². The van der Waals surface area contributed by atoms with Crippen molar-refractivity contribution in [3.8, 4) is 6.07 Å². The van der Waals surface area contributed by atoms with Crippen LogP contribution in [0.15, 0.2) is 23.4 Å². The molecule has 1 heterocycles. The second-order valence-corrected chi connectivity index (χ2v) is 5.38. The van der Waals surface area contributed by atoms with Gasteiger partial charge in [0, 0.05) is 11.5 Å². The summed E-state index contributed by atoms with van der Waals surface area (Å²) >= 11 is 0. The van der Waals surface area contributed by atoms with Crippen molar-refractivity contribution in [2.75, 3.05) is 0 Å². The number of hydrogen-bond donors (Lipinski definition) is 0. The van der Waals surface area contributed by atoms with Crippen molar-refractivity contribution in [3.63, 3.8) is 0 Å². The molecule has 21 heavy (non-hydrogen) atoms. The Labute approximate surface area is 120 Å². The predicted octanol–water partition coefficient (Wildman–Crippen LogP) is 3.87. The molecule has 2 aliphatic rings. The first-order valence-electron chi connectivity index (χ1n) is 6.86. The topological polar surface area (TPSA) is 45.4 Å². The molecule has 1 aliphatic heterocycles. The minimum Gasteiger partial charge on any atom is -0.392 e. The maximum absolute atomic E-state index is 13.2. The molecule has 1 aromatic carbocycles. The molecule has 0 bridgehead atoms. The largest absolute Gasteiger partial charge is 0.417 e. The highest BCUT2D eigenvalue weighted by Gasteiger charge is 2.41. The number of fused-ring (bicyclic) bond motifs is 1. The van der Waals surface area contributed by atoms with Crippen LogP contribution in [0.25, 0.3) is 0 Å². The van der Waals surface area contributed by atoms with Gasteiger partial charge in [-0.15, -0.1) is 0 Å². The first-order valence-corrected chi connectivity index (χ1v) is 6.86. The second kappa shape index (κ2) is 5.06. The number of oxime groups is 1. The lowest BCUT2D eigenvalue weighted by Gasteiger charge is -2.24. The minimum atomic E-state index is -4.52. The van der Waals surface area contributed by atoms with E-state index in [9.17, 15) is 13.2 Å².